The number of fused-ring (bicyclic) bond motifs is 3. The van der Waals surface area contributed by atoms with Gasteiger partial charge >= 0.3 is 0 Å². The van der Waals surface area contributed by atoms with E-state index in [4.69, 9.17) is 5.73 Å². The Kier molecular flexibility index (Phi) is 4.53. The molecule has 0 aromatic heterocycles. The average molecular weight is 416 g/mol. The Balaban J connectivity index is 1.90. The van der Waals surface area contributed by atoms with E-state index in [1.165, 1.54) is 11.0 Å². The number of aromatic hydroxyl groups is 1. The number of amides is 1. The second-order valence-corrected chi connectivity index (χ2v) is 8.64. The molecule has 6 N–H and O–H groups in total. The number of Topliss-reactive ketones (excluding diaryl/α,β-unsaturated/α-hetero) is 2. The van der Waals surface area contributed by atoms with Crippen molar-refractivity contribution in [1.29, 1.82) is 0 Å². The zero-order chi connectivity index (χ0) is 22.1. The fraction of sp³-hybridized carbons (Fsp3) is 0.476. The van der Waals surface area contributed by atoms with Crippen LogP contribution < -0.4 is 5.73 Å². The number of carbonyl (C=O) groups excluding carboxylic acids is 3. The first-order valence-corrected chi connectivity index (χ1v) is 9.71. The van der Waals surface area contributed by atoms with E-state index in [1.807, 2.05) is 0 Å². The quantitative estimate of drug-likeness (QED) is 0.395. The number of hydrogen-bond acceptors (Lipinski definition) is 8. The summed E-state index contributed by atoms with van der Waals surface area (Å²) < 4.78 is 0. The average Bonchev–Trinajstić information content (AvgIpc) is 2.64. The lowest BCUT2D eigenvalue weighted by Gasteiger charge is -2.55. The summed E-state index contributed by atoms with van der Waals surface area (Å²) in [4.78, 5) is 39.5. The van der Waals surface area contributed by atoms with E-state index in [2.05, 4.69) is 0 Å². The van der Waals surface area contributed by atoms with E-state index in [0.717, 1.165) is 0 Å². The SMILES string of the molecule is CN(C)[C@@H]1C(=O)C(C(N)=O)=C(O)[C@@]2(O)C(O)C3C(=O)c4c(O)cccc4C[C@H]3C[C@@H]12. The molecule has 3 aliphatic rings. The molecular weight excluding hydrogens is 392 g/mol. The molecule has 30 heavy (non-hydrogen) atoms. The molecule has 0 heterocycles. The monoisotopic (exact) mass is 416 g/mol. The lowest BCUT2D eigenvalue weighted by Crippen LogP contribution is -2.69. The predicted molar refractivity (Wildman–Crippen MR) is 104 cm³/mol. The molecule has 0 radical (unpaired) electrons. The van der Waals surface area contributed by atoms with Gasteiger partial charge in [-0.15, -0.1) is 0 Å². The van der Waals surface area contributed by atoms with Gasteiger partial charge in [0.25, 0.3) is 5.91 Å². The van der Waals surface area contributed by atoms with Crippen LogP contribution in [0.25, 0.3) is 0 Å². The third-order valence-electron chi connectivity index (χ3n) is 6.90. The summed E-state index contributed by atoms with van der Waals surface area (Å²) in [5.74, 6) is -6.24. The second kappa shape index (κ2) is 6.63. The molecule has 9 nitrogen and oxygen atoms in total. The summed E-state index contributed by atoms with van der Waals surface area (Å²) >= 11 is 0. The van der Waals surface area contributed by atoms with Crippen molar-refractivity contribution in [3.63, 3.8) is 0 Å². The van der Waals surface area contributed by atoms with Gasteiger partial charge in [-0.2, -0.15) is 0 Å². The fourth-order valence-corrected chi connectivity index (χ4v) is 5.63. The normalized spacial score (nSPS) is 35.7. The Labute approximate surface area is 172 Å². The number of primary amides is 1. The van der Waals surface area contributed by atoms with Crippen molar-refractivity contribution in [2.75, 3.05) is 14.1 Å². The van der Waals surface area contributed by atoms with Gasteiger partial charge in [-0.25, -0.2) is 0 Å². The number of aliphatic hydroxyl groups is 3. The van der Waals surface area contributed by atoms with Crippen LogP contribution >= 0.6 is 0 Å². The predicted octanol–water partition coefficient (Wildman–Crippen LogP) is -0.714. The molecule has 1 amide bonds. The number of nitrogens with two attached hydrogens (primary N) is 1. The summed E-state index contributed by atoms with van der Waals surface area (Å²) in [5.41, 5.74) is 2.82. The number of ketones is 2. The number of aliphatic hydroxyl groups excluding tert-OH is 2. The van der Waals surface area contributed by atoms with Gasteiger partial charge in [-0.3, -0.25) is 19.3 Å². The van der Waals surface area contributed by atoms with Gasteiger partial charge in [0.05, 0.1) is 17.5 Å². The number of phenolic OH excluding ortho intramolecular Hbond substituents is 1. The van der Waals surface area contributed by atoms with Crippen LogP contribution in [0.1, 0.15) is 22.3 Å². The molecule has 0 spiro atoms. The molecule has 1 aromatic rings. The fourth-order valence-electron chi connectivity index (χ4n) is 5.63. The van der Waals surface area contributed by atoms with Crippen molar-refractivity contribution in [3.8, 4) is 5.75 Å². The molecule has 1 saturated carbocycles. The molecule has 1 aromatic carbocycles. The van der Waals surface area contributed by atoms with Crippen molar-refractivity contribution in [3.05, 3.63) is 40.7 Å². The maximum Gasteiger partial charge on any atom is 0.255 e. The number of nitrogens with zero attached hydrogens (tertiary/aromatic N) is 1. The maximum atomic E-state index is 13.2. The molecule has 0 aliphatic heterocycles. The highest BCUT2D eigenvalue weighted by atomic mass is 16.4. The third kappa shape index (κ3) is 2.49. The molecular formula is C21H24N2O7. The Morgan fingerprint density at radius 3 is 2.47 bits per heavy atom. The first-order chi connectivity index (χ1) is 14.0. The van der Waals surface area contributed by atoms with Crippen LogP contribution in [0.5, 0.6) is 5.75 Å². The Bertz CT molecular complexity index is 1000. The molecule has 4 rings (SSSR count). The highest BCUT2D eigenvalue weighted by molar-refractivity contribution is 6.22. The number of rotatable bonds is 2. The van der Waals surface area contributed by atoms with Crippen molar-refractivity contribution in [2.45, 2.75) is 30.6 Å². The van der Waals surface area contributed by atoms with Crippen molar-refractivity contribution < 1.29 is 34.8 Å². The second-order valence-electron chi connectivity index (χ2n) is 8.64. The molecule has 2 unspecified atom stereocenters. The number of phenols is 1. The highest BCUT2D eigenvalue weighted by Gasteiger charge is 2.65. The summed E-state index contributed by atoms with van der Waals surface area (Å²) in [5, 5.41) is 43.6. The Morgan fingerprint density at radius 2 is 1.87 bits per heavy atom. The summed E-state index contributed by atoms with van der Waals surface area (Å²) in [7, 11) is 3.17. The standard InChI is InChI=1S/C21H24N2O7/c1-23(2)15-10-7-9-6-8-4-3-5-11(24)12(8)16(25)13(9)18(27)21(10,30)19(28)14(17(15)26)20(22)29/h3-5,9-10,13,15,18,24,27-28,30H,6-7H2,1-2H3,(H2,22,29)/t9-,10-,13?,15-,18?,21-/m0/s1. The molecule has 3 aliphatic carbocycles. The first kappa shape index (κ1) is 20.5. The number of hydrogen-bond donors (Lipinski definition) is 5. The minimum Gasteiger partial charge on any atom is -0.508 e. The number of likely N-dealkylation sites (N-methyl/N-ethyl adjacent to an activating group) is 1. The van der Waals surface area contributed by atoms with Crippen molar-refractivity contribution in [2.24, 2.45) is 23.5 Å². The largest absolute Gasteiger partial charge is 0.508 e. The Hall–Kier alpha value is -2.75. The molecule has 6 atom stereocenters. The molecule has 0 saturated heterocycles. The van der Waals surface area contributed by atoms with Gasteiger partial charge in [0.2, 0.25) is 0 Å². The van der Waals surface area contributed by atoms with Gasteiger partial charge in [-0.1, -0.05) is 12.1 Å². The lowest BCUT2D eigenvalue weighted by atomic mass is 9.54. The highest BCUT2D eigenvalue weighted by Crippen LogP contribution is 2.53. The zero-order valence-electron chi connectivity index (χ0n) is 16.6. The van der Waals surface area contributed by atoms with E-state index in [9.17, 15) is 34.8 Å². The molecule has 9 heteroatoms. The van der Waals surface area contributed by atoms with Crippen LogP contribution in [0, 0.1) is 17.8 Å². The number of carbonyl (C=O) groups is 3. The smallest absolute Gasteiger partial charge is 0.255 e. The van der Waals surface area contributed by atoms with Crippen LogP contribution in [0.15, 0.2) is 29.5 Å². The number of benzene rings is 1. The molecule has 160 valence electrons. The van der Waals surface area contributed by atoms with E-state index in [1.54, 1.807) is 26.2 Å². The van der Waals surface area contributed by atoms with E-state index >= 15 is 0 Å². The van der Waals surface area contributed by atoms with Crippen LogP contribution in [0.2, 0.25) is 0 Å². The van der Waals surface area contributed by atoms with Gasteiger partial charge in [0.15, 0.2) is 17.2 Å². The van der Waals surface area contributed by atoms with Crippen LogP contribution in [-0.4, -0.2) is 74.6 Å². The third-order valence-corrected chi connectivity index (χ3v) is 6.90. The first-order valence-electron chi connectivity index (χ1n) is 9.71. The van der Waals surface area contributed by atoms with Crippen LogP contribution in [0.3, 0.4) is 0 Å². The zero-order valence-corrected chi connectivity index (χ0v) is 16.6. The minimum absolute atomic E-state index is 0.0782. The lowest BCUT2D eigenvalue weighted by molar-refractivity contribution is -0.183. The minimum atomic E-state index is -2.41. The maximum absolute atomic E-state index is 13.2. The molecule has 1 fully saturated rings. The summed E-state index contributed by atoms with van der Waals surface area (Å²) in [6.45, 7) is 0. The van der Waals surface area contributed by atoms with Gasteiger partial charge in [-0.05, 0) is 44.5 Å². The molecule has 0 bridgehead atoms. The van der Waals surface area contributed by atoms with Crippen LogP contribution in [-0.2, 0) is 16.0 Å². The van der Waals surface area contributed by atoms with E-state index < -0.39 is 64.3 Å². The van der Waals surface area contributed by atoms with Gasteiger partial charge < -0.3 is 26.2 Å². The Morgan fingerprint density at radius 1 is 1.20 bits per heavy atom. The summed E-state index contributed by atoms with van der Waals surface area (Å²) in [6, 6.07) is 3.68. The topological polar surface area (TPSA) is 161 Å². The van der Waals surface area contributed by atoms with E-state index in [-0.39, 0.29) is 17.7 Å². The van der Waals surface area contributed by atoms with Crippen molar-refractivity contribution >= 4 is 17.5 Å². The van der Waals surface area contributed by atoms with Crippen LogP contribution in [0.4, 0.5) is 0 Å². The summed E-state index contributed by atoms with van der Waals surface area (Å²) in [6.07, 6.45) is -1.30. The van der Waals surface area contributed by atoms with Gasteiger partial charge in [0, 0.05) is 5.92 Å². The van der Waals surface area contributed by atoms with E-state index in [0.29, 0.717) is 12.0 Å². The van der Waals surface area contributed by atoms with Gasteiger partial charge in [0.1, 0.15) is 23.2 Å². The van der Waals surface area contributed by atoms with Crippen molar-refractivity contribution in [1.82, 2.24) is 4.90 Å².